The highest BCUT2D eigenvalue weighted by Gasteiger charge is 2.13. The lowest BCUT2D eigenvalue weighted by atomic mass is 10.2. The van der Waals surface area contributed by atoms with Gasteiger partial charge in [-0.1, -0.05) is 27.5 Å². The van der Waals surface area contributed by atoms with Gasteiger partial charge in [0.25, 0.3) is 0 Å². The van der Waals surface area contributed by atoms with E-state index < -0.39 is 10.2 Å². The first-order valence-corrected chi connectivity index (χ1v) is 6.12. The van der Waals surface area contributed by atoms with Gasteiger partial charge in [-0.2, -0.15) is 8.42 Å². The molecule has 0 saturated heterocycles. The van der Waals surface area contributed by atoms with Gasteiger partial charge in [0, 0.05) is 10.4 Å². The summed E-state index contributed by atoms with van der Waals surface area (Å²) in [6.07, 6.45) is 0. The third-order valence-electron chi connectivity index (χ3n) is 1.44. The monoisotopic (exact) mass is 286 g/mol. The fraction of sp³-hybridized carbons (Fsp3) is 0.143. The Morgan fingerprint density at radius 2 is 2.08 bits per heavy atom. The molecule has 0 aromatic heterocycles. The topological polar surface area (TPSA) is 34.1 Å². The van der Waals surface area contributed by atoms with Gasteiger partial charge in [0.05, 0.1) is 4.90 Å². The van der Waals surface area contributed by atoms with E-state index in [0.29, 0.717) is 15.9 Å². The molecular weight excluding hydrogens is 282 g/mol. The zero-order chi connectivity index (χ0) is 10.1. The zero-order valence-electron chi connectivity index (χ0n) is 6.30. The van der Waals surface area contributed by atoms with Gasteiger partial charge >= 0.3 is 10.2 Å². The van der Waals surface area contributed by atoms with Crippen molar-refractivity contribution in [2.45, 2.75) is 10.2 Å². The summed E-state index contributed by atoms with van der Waals surface area (Å²) < 4.78 is 33.5. The fourth-order valence-electron chi connectivity index (χ4n) is 0.805. The molecule has 0 atom stereocenters. The number of rotatable bonds is 2. The quantitative estimate of drug-likeness (QED) is 0.619. The fourth-order valence-corrected chi connectivity index (χ4v) is 2.13. The van der Waals surface area contributed by atoms with Crippen LogP contribution in [0.3, 0.4) is 0 Å². The number of hydrogen-bond acceptors (Lipinski definition) is 2. The van der Waals surface area contributed by atoms with Gasteiger partial charge in [-0.3, -0.25) is 0 Å². The van der Waals surface area contributed by atoms with E-state index >= 15 is 0 Å². The Morgan fingerprint density at radius 3 is 2.54 bits per heavy atom. The van der Waals surface area contributed by atoms with Gasteiger partial charge in [0.1, 0.15) is 0 Å². The molecule has 0 N–H and O–H groups in total. The van der Waals surface area contributed by atoms with E-state index in [0.717, 1.165) is 6.07 Å². The van der Waals surface area contributed by atoms with Crippen LogP contribution in [0.4, 0.5) is 3.89 Å². The summed E-state index contributed by atoms with van der Waals surface area (Å²) in [6.45, 7) is 0. The molecule has 6 heteroatoms. The van der Waals surface area contributed by atoms with E-state index in [1.807, 2.05) is 0 Å². The van der Waals surface area contributed by atoms with Crippen LogP contribution in [0.2, 0.25) is 5.02 Å². The SMILES string of the molecule is O=S(=O)(F)c1ccc(Cl)c(CBr)c1. The highest BCUT2D eigenvalue weighted by atomic mass is 79.9. The van der Waals surface area contributed by atoms with Crippen LogP contribution < -0.4 is 0 Å². The highest BCUT2D eigenvalue weighted by molar-refractivity contribution is 9.08. The largest absolute Gasteiger partial charge is 0.332 e. The van der Waals surface area contributed by atoms with Crippen LogP contribution >= 0.6 is 27.5 Å². The molecule has 13 heavy (non-hydrogen) atoms. The lowest BCUT2D eigenvalue weighted by Gasteiger charge is -2.00. The summed E-state index contributed by atoms with van der Waals surface area (Å²) >= 11 is 8.81. The molecule has 0 aliphatic rings. The maximum Gasteiger partial charge on any atom is 0.332 e. The summed E-state index contributed by atoms with van der Waals surface area (Å²) in [6, 6.07) is 3.68. The second-order valence-corrected chi connectivity index (χ2v) is 4.64. The van der Waals surface area contributed by atoms with Crippen molar-refractivity contribution in [3.8, 4) is 0 Å². The minimum Gasteiger partial charge on any atom is -0.189 e. The number of benzene rings is 1. The predicted molar refractivity (Wildman–Crippen MR) is 52.4 cm³/mol. The Bertz CT molecular complexity index is 419. The van der Waals surface area contributed by atoms with Gasteiger partial charge in [-0.25, -0.2) is 0 Å². The molecule has 0 amide bonds. The molecule has 0 spiro atoms. The third kappa shape index (κ3) is 2.65. The summed E-state index contributed by atoms with van der Waals surface area (Å²) in [4.78, 5) is -0.369. The van der Waals surface area contributed by atoms with Crippen molar-refractivity contribution in [1.29, 1.82) is 0 Å². The Balaban J connectivity index is 3.30. The maximum absolute atomic E-state index is 12.5. The van der Waals surface area contributed by atoms with Crippen molar-refractivity contribution >= 4 is 37.8 Å². The van der Waals surface area contributed by atoms with Gasteiger partial charge in [-0.15, -0.1) is 3.89 Å². The third-order valence-corrected chi connectivity index (χ3v) is 3.23. The molecule has 0 aliphatic carbocycles. The van der Waals surface area contributed by atoms with Crippen LogP contribution in [0, 0.1) is 0 Å². The van der Waals surface area contributed by atoms with Crippen molar-refractivity contribution in [2.24, 2.45) is 0 Å². The molecule has 72 valence electrons. The molecular formula is C7H5BrClFO2S. The average molecular weight is 288 g/mol. The highest BCUT2D eigenvalue weighted by Crippen LogP contribution is 2.23. The van der Waals surface area contributed by atoms with E-state index in [1.54, 1.807) is 0 Å². The van der Waals surface area contributed by atoms with Crippen LogP contribution in [-0.4, -0.2) is 8.42 Å². The molecule has 1 aromatic rings. The standard InChI is InChI=1S/C7H5BrClFO2S/c8-4-5-3-6(13(10,11)12)1-2-7(5)9/h1-3H,4H2. The summed E-state index contributed by atoms with van der Waals surface area (Å²) in [5, 5.41) is 0.791. The van der Waals surface area contributed by atoms with Crippen LogP contribution in [0.5, 0.6) is 0 Å². The Morgan fingerprint density at radius 1 is 1.46 bits per heavy atom. The van der Waals surface area contributed by atoms with Crippen molar-refractivity contribution in [2.75, 3.05) is 0 Å². The predicted octanol–water partition coefficient (Wildman–Crippen LogP) is 2.89. The van der Waals surface area contributed by atoms with E-state index in [1.165, 1.54) is 12.1 Å². The minimum absolute atomic E-state index is 0.369. The van der Waals surface area contributed by atoms with Crippen molar-refractivity contribution in [3.05, 3.63) is 28.8 Å². The molecule has 0 heterocycles. The van der Waals surface area contributed by atoms with Crippen molar-refractivity contribution in [1.82, 2.24) is 0 Å². The van der Waals surface area contributed by atoms with E-state index in [-0.39, 0.29) is 4.90 Å². The second-order valence-electron chi connectivity index (χ2n) is 2.32. The first-order valence-electron chi connectivity index (χ1n) is 3.24. The second kappa shape index (κ2) is 3.94. The van der Waals surface area contributed by atoms with Crippen LogP contribution in [0.1, 0.15) is 5.56 Å². The summed E-state index contributed by atoms with van der Waals surface area (Å²) in [5.74, 6) is 0. The lowest BCUT2D eigenvalue weighted by molar-refractivity contribution is 0.552. The minimum atomic E-state index is -4.63. The normalized spacial score (nSPS) is 11.6. The van der Waals surface area contributed by atoms with Crippen LogP contribution in [0.25, 0.3) is 0 Å². The Hall–Kier alpha value is -0.130. The van der Waals surface area contributed by atoms with Crippen LogP contribution in [0.15, 0.2) is 23.1 Å². The molecule has 0 unspecified atom stereocenters. The summed E-state index contributed by atoms with van der Waals surface area (Å²) in [5.41, 5.74) is 0.542. The molecule has 0 fully saturated rings. The molecule has 0 aliphatic heterocycles. The van der Waals surface area contributed by atoms with Gasteiger partial charge in [-0.05, 0) is 23.8 Å². The lowest BCUT2D eigenvalue weighted by Crippen LogP contribution is -1.93. The van der Waals surface area contributed by atoms with E-state index in [4.69, 9.17) is 11.6 Å². The van der Waals surface area contributed by atoms with Gasteiger partial charge < -0.3 is 0 Å². The number of halogens is 3. The smallest absolute Gasteiger partial charge is 0.189 e. The number of hydrogen-bond donors (Lipinski definition) is 0. The van der Waals surface area contributed by atoms with E-state index in [9.17, 15) is 12.3 Å². The van der Waals surface area contributed by atoms with Crippen molar-refractivity contribution in [3.63, 3.8) is 0 Å². The Kier molecular flexibility index (Phi) is 3.32. The summed E-state index contributed by atoms with van der Waals surface area (Å²) in [7, 11) is -4.63. The molecule has 0 saturated carbocycles. The first kappa shape index (κ1) is 10.9. The molecule has 0 radical (unpaired) electrons. The van der Waals surface area contributed by atoms with Crippen LogP contribution in [-0.2, 0) is 15.6 Å². The van der Waals surface area contributed by atoms with E-state index in [2.05, 4.69) is 15.9 Å². The Labute approximate surface area is 89.1 Å². The average Bonchev–Trinajstić information content (AvgIpc) is 2.03. The zero-order valence-corrected chi connectivity index (χ0v) is 9.46. The van der Waals surface area contributed by atoms with Crippen molar-refractivity contribution < 1.29 is 12.3 Å². The molecule has 2 nitrogen and oxygen atoms in total. The maximum atomic E-state index is 12.5. The molecule has 1 aromatic carbocycles. The molecule has 0 bridgehead atoms. The van der Waals surface area contributed by atoms with Gasteiger partial charge in [0.2, 0.25) is 0 Å². The number of alkyl halides is 1. The molecule has 1 rings (SSSR count). The first-order chi connectivity index (χ1) is 5.95. The van der Waals surface area contributed by atoms with Gasteiger partial charge in [0.15, 0.2) is 0 Å².